The molecule has 0 aromatic heterocycles. The molecule has 1 aliphatic rings. The summed E-state index contributed by atoms with van der Waals surface area (Å²) in [5.41, 5.74) is 0.810. The fraction of sp³-hybridized carbons (Fsp3) is 0.273. The summed E-state index contributed by atoms with van der Waals surface area (Å²) in [6.45, 7) is 0.308. The molecule has 5 heteroatoms. The Hall–Kier alpha value is -2.04. The summed E-state index contributed by atoms with van der Waals surface area (Å²) >= 11 is 0. The minimum atomic E-state index is -1.14. The van der Waals surface area contributed by atoms with Gasteiger partial charge in [0.25, 0.3) is 5.90 Å². The van der Waals surface area contributed by atoms with Crippen molar-refractivity contribution >= 4 is 11.9 Å². The summed E-state index contributed by atoms with van der Waals surface area (Å²) in [7, 11) is 1.56. The second kappa shape index (κ2) is 4.22. The highest BCUT2D eigenvalue weighted by Crippen LogP contribution is 2.30. The Labute approximate surface area is 92.3 Å². The number of hydrogen-bond donors (Lipinski definition) is 1. The normalized spacial score (nSPS) is 18.8. The van der Waals surface area contributed by atoms with Gasteiger partial charge in [0.05, 0.1) is 13.7 Å². The molecule has 1 unspecified atom stereocenters. The van der Waals surface area contributed by atoms with Gasteiger partial charge in [-0.15, -0.1) is 0 Å². The number of ether oxygens (including phenoxy) is 2. The largest absolute Gasteiger partial charge is 0.496 e. The van der Waals surface area contributed by atoms with E-state index in [4.69, 9.17) is 14.6 Å². The molecule has 1 heterocycles. The van der Waals surface area contributed by atoms with Crippen LogP contribution in [0.15, 0.2) is 29.3 Å². The van der Waals surface area contributed by atoms with Crippen molar-refractivity contribution in [1.29, 1.82) is 0 Å². The van der Waals surface area contributed by atoms with Crippen LogP contribution < -0.4 is 4.74 Å². The summed E-state index contributed by atoms with van der Waals surface area (Å²) in [6.07, 6.45) is -0.373. The number of methoxy groups -OCH3 is 1. The van der Waals surface area contributed by atoms with E-state index < -0.39 is 5.97 Å². The number of para-hydroxylation sites is 1. The highest BCUT2D eigenvalue weighted by atomic mass is 16.5. The first-order chi connectivity index (χ1) is 7.72. The predicted octanol–water partition coefficient (Wildman–Crippen LogP) is 1.25. The van der Waals surface area contributed by atoms with Gasteiger partial charge in [0.2, 0.25) is 0 Å². The molecule has 5 nitrogen and oxygen atoms in total. The lowest BCUT2D eigenvalue weighted by atomic mass is 10.1. The van der Waals surface area contributed by atoms with Crippen molar-refractivity contribution in [3.8, 4) is 5.75 Å². The van der Waals surface area contributed by atoms with Gasteiger partial charge in [0.1, 0.15) is 11.9 Å². The Balaban J connectivity index is 2.19. The van der Waals surface area contributed by atoms with Crippen LogP contribution in [0.25, 0.3) is 0 Å². The zero-order valence-corrected chi connectivity index (χ0v) is 8.71. The monoisotopic (exact) mass is 221 g/mol. The van der Waals surface area contributed by atoms with Crippen molar-refractivity contribution in [3.63, 3.8) is 0 Å². The van der Waals surface area contributed by atoms with E-state index in [1.807, 2.05) is 18.2 Å². The second-order valence-electron chi connectivity index (χ2n) is 3.30. The molecule has 0 aliphatic carbocycles. The Kier molecular flexibility index (Phi) is 2.76. The van der Waals surface area contributed by atoms with Crippen LogP contribution in [0.1, 0.15) is 11.7 Å². The quantitative estimate of drug-likeness (QED) is 0.834. The predicted molar refractivity (Wildman–Crippen MR) is 56.8 cm³/mol. The molecule has 1 atom stereocenters. The number of benzene rings is 1. The van der Waals surface area contributed by atoms with E-state index in [-0.39, 0.29) is 12.0 Å². The van der Waals surface area contributed by atoms with Crippen LogP contribution in [-0.2, 0) is 9.53 Å². The van der Waals surface area contributed by atoms with Crippen molar-refractivity contribution in [2.45, 2.75) is 6.10 Å². The Bertz CT molecular complexity index is 441. The highest BCUT2D eigenvalue weighted by Gasteiger charge is 2.27. The first-order valence-corrected chi connectivity index (χ1v) is 4.79. The summed E-state index contributed by atoms with van der Waals surface area (Å²) < 4.78 is 10.4. The van der Waals surface area contributed by atoms with Crippen LogP contribution in [0.2, 0.25) is 0 Å². The summed E-state index contributed by atoms with van der Waals surface area (Å²) in [5, 5.41) is 8.72. The lowest BCUT2D eigenvalue weighted by Gasteiger charge is -2.13. The number of carboxylic acid groups (broad SMARTS) is 1. The molecule has 1 aromatic rings. The molecule has 0 radical (unpaired) electrons. The van der Waals surface area contributed by atoms with Crippen LogP contribution in [0.4, 0.5) is 0 Å². The van der Waals surface area contributed by atoms with Crippen molar-refractivity contribution in [3.05, 3.63) is 29.8 Å². The second-order valence-corrected chi connectivity index (χ2v) is 3.30. The zero-order chi connectivity index (χ0) is 11.5. The van der Waals surface area contributed by atoms with Crippen LogP contribution >= 0.6 is 0 Å². The van der Waals surface area contributed by atoms with Crippen molar-refractivity contribution in [1.82, 2.24) is 0 Å². The van der Waals surface area contributed by atoms with Crippen molar-refractivity contribution in [2.75, 3.05) is 13.7 Å². The van der Waals surface area contributed by atoms with Crippen LogP contribution in [0.5, 0.6) is 5.75 Å². The molecule has 0 spiro atoms. The molecule has 0 saturated heterocycles. The molecule has 0 amide bonds. The molecule has 1 aromatic carbocycles. The standard InChI is InChI=1S/C11H11NO4/c1-15-8-5-3-2-4-7(8)9-6-12-10(16-9)11(13)14/h2-5,9H,6H2,1H3,(H,13,14). The topological polar surface area (TPSA) is 68.1 Å². The maximum atomic E-state index is 10.6. The molecular formula is C11H11NO4. The van der Waals surface area contributed by atoms with Gasteiger partial charge in [0, 0.05) is 5.56 Å². The number of hydrogen-bond acceptors (Lipinski definition) is 4. The maximum absolute atomic E-state index is 10.6. The molecule has 1 N–H and O–H groups in total. The third-order valence-electron chi connectivity index (χ3n) is 2.32. The Morgan fingerprint density at radius 1 is 1.56 bits per heavy atom. The maximum Gasteiger partial charge on any atom is 0.391 e. The third kappa shape index (κ3) is 1.84. The molecule has 1 aliphatic heterocycles. The van der Waals surface area contributed by atoms with E-state index in [1.54, 1.807) is 13.2 Å². The van der Waals surface area contributed by atoms with Crippen molar-refractivity contribution in [2.24, 2.45) is 4.99 Å². The minimum Gasteiger partial charge on any atom is -0.496 e. The van der Waals surface area contributed by atoms with Gasteiger partial charge in [-0.2, -0.15) is 0 Å². The number of rotatable bonds is 3. The zero-order valence-electron chi connectivity index (χ0n) is 8.71. The van der Waals surface area contributed by atoms with E-state index in [0.717, 1.165) is 5.56 Å². The SMILES string of the molecule is COc1ccccc1C1CN=C(C(=O)O)O1. The van der Waals surface area contributed by atoms with Gasteiger partial charge in [-0.05, 0) is 6.07 Å². The average Bonchev–Trinajstić information content (AvgIpc) is 2.78. The average molecular weight is 221 g/mol. The van der Waals surface area contributed by atoms with Gasteiger partial charge in [-0.25, -0.2) is 9.79 Å². The molecular weight excluding hydrogens is 210 g/mol. The number of nitrogens with zero attached hydrogens (tertiary/aromatic N) is 1. The number of carboxylic acids is 1. The third-order valence-corrected chi connectivity index (χ3v) is 2.32. The molecule has 0 saturated carbocycles. The van der Waals surface area contributed by atoms with E-state index in [2.05, 4.69) is 4.99 Å². The highest BCUT2D eigenvalue weighted by molar-refractivity contribution is 6.32. The Morgan fingerprint density at radius 2 is 2.31 bits per heavy atom. The van der Waals surface area contributed by atoms with Gasteiger partial charge in [-0.1, -0.05) is 18.2 Å². The molecule has 0 bridgehead atoms. The Morgan fingerprint density at radius 3 is 2.94 bits per heavy atom. The fourth-order valence-electron chi connectivity index (χ4n) is 1.59. The number of aliphatic carboxylic acids is 1. The van der Waals surface area contributed by atoms with E-state index in [1.165, 1.54) is 0 Å². The van der Waals surface area contributed by atoms with E-state index >= 15 is 0 Å². The molecule has 16 heavy (non-hydrogen) atoms. The molecule has 84 valence electrons. The molecule has 2 rings (SSSR count). The number of aliphatic imine (C=N–C) groups is 1. The van der Waals surface area contributed by atoms with Gasteiger partial charge in [-0.3, -0.25) is 0 Å². The van der Waals surface area contributed by atoms with Crippen LogP contribution in [0, 0.1) is 0 Å². The van der Waals surface area contributed by atoms with Gasteiger partial charge < -0.3 is 14.6 Å². The van der Waals surface area contributed by atoms with Gasteiger partial charge in [0.15, 0.2) is 0 Å². The minimum absolute atomic E-state index is 0.240. The van der Waals surface area contributed by atoms with E-state index in [9.17, 15) is 4.79 Å². The smallest absolute Gasteiger partial charge is 0.391 e. The molecule has 0 fully saturated rings. The number of carbonyl (C=O) groups is 1. The van der Waals surface area contributed by atoms with E-state index in [0.29, 0.717) is 12.3 Å². The summed E-state index contributed by atoms with van der Waals surface area (Å²) in [6, 6.07) is 7.33. The lowest BCUT2D eigenvalue weighted by Crippen LogP contribution is -2.14. The fourth-order valence-corrected chi connectivity index (χ4v) is 1.59. The first-order valence-electron chi connectivity index (χ1n) is 4.79. The van der Waals surface area contributed by atoms with Crippen molar-refractivity contribution < 1.29 is 19.4 Å². The lowest BCUT2D eigenvalue weighted by molar-refractivity contribution is -0.131. The van der Waals surface area contributed by atoms with Crippen LogP contribution in [-0.4, -0.2) is 30.6 Å². The first kappa shape index (κ1) is 10.5. The summed E-state index contributed by atoms with van der Waals surface area (Å²) in [4.78, 5) is 14.5. The van der Waals surface area contributed by atoms with Crippen LogP contribution in [0.3, 0.4) is 0 Å². The summed E-state index contributed by atoms with van der Waals surface area (Å²) in [5.74, 6) is -0.706. The van der Waals surface area contributed by atoms with Gasteiger partial charge >= 0.3 is 5.97 Å².